The van der Waals surface area contributed by atoms with Gasteiger partial charge in [0.1, 0.15) is 11.6 Å². The van der Waals surface area contributed by atoms with E-state index in [9.17, 15) is 0 Å². The number of likely N-dealkylation sites (N-methyl/N-ethyl adjacent to an activating group) is 1. The minimum atomic E-state index is 0.582. The molecule has 0 spiro atoms. The van der Waals surface area contributed by atoms with E-state index in [1.54, 1.807) is 6.20 Å². The van der Waals surface area contributed by atoms with Crippen LogP contribution in [0, 0.1) is 6.92 Å². The Morgan fingerprint density at radius 1 is 1.08 bits per heavy atom. The van der Waals surface area contributed by atoms with Crippen molar-refractivity contribution in [3.05, 3.63) is 65.7 Å². The number of hydrogen-bond acceptors (Lipinski definition) is 6. The Kier molecular flexibility index (Phi) is 8.77. The summed E-state index contributed by atoms with van der Waals surface area (Å²) in [6.07, 6.45) is 19.8. The molecule has 7 heteroatoms. The van der Waals surface area contributed by atoms with Gasteiger partial charge in [-0.05, 0) is 77.0 Å². The maximum absolute atomic E-state index is 4.88. The molecular weight excluding hydrogens is 470 g/mol. The summed E-state index contributed by atoms with van der Waals surface area (Å²) >= 11 is 0. The van der Waals surface area contributed by atoms with Crippen molar-refractivity contribution >= 4 is 5.82 Å². The lowest BCUT2D eigenvalue weighted by Crippen LogP contribution is -2.58. The molecule has 0 aromatic carbocycles. The summed E-state index contributed by atoms with van der Waals surface area (Å²) in [5, 5.41) is 0. The van der Waals surface area contributed by atoms with Gasteiger partial charge in [-0.3, -0.25) is 9.80 Å². The van der Waals surface area contributed by atoms with Crippen LogP contribution in [0.1, 0.15) is 38.2 Å². The Balaban J connectivity index is 1.15. The number of piperidine rings is 1. The van der Waals surface area contributed by atoms with E-state index in [4.69, 9.17) is 4.98 Å². The van der Waals surface area contributed by atoms with Crippen LogP contribution in [0.3, 0.4) is 0 Å². The third-order valence-electron chi connectivity index (χ3n) is 8.32. The highest BCUT2D eigenvalue weighted by atomic mass is 15.3. The normalized spacial score (nSPS) is 22.0. The second-order valence-corrected chi connectivity index (χ2v) is 11.5. The zero-order chi connectivity index (χ0) is 26.5. The molecule has 0 amide bonds. The Bertz CT molecular complexity index is 1140. The van der Waals surface area contributed by atoms with Crippen molar-refractivity contribution in [1.29, 1.82) is 0 Å². The standard InChI is InChI=1S/C31H45N7/c1-5-28-23-37(31-24(2)19-27(20-34-31)30-32-13-14-33-30)17-18-38(28)29-11-15-36(16-12-29)22-26-8-6-7-25(9-10-26)21-35(3)4/h6,8-10,13-14,19-20,28-29H,5,7,11-12,15-18,21-23H2,1-4H3,(H,32,33). The number of aromatic nitrogens is 3. The average molecular weight is 516 g/mol. The van der Waals surface area contributed by atoms with Gasteiger partial charge >= 0.3 is 0 Å². The first-order valence-corrected chi connectivity index (χ1v) is 14.4. The van der Waals surface area contributed by atoms with Crippen molar-refractivity contribution in [2.45, 2.75) is 51.6 Å². The lowest BCUT2D eigenvalue weighted by Gasteiger charge is -2.48. The van der Waals surface area contributed by atoms with Crippen LogP contribution >= 0.6 is 0 Å². The predicted octanol–water partition coefficient (Wildman–Crippen LogP) is 4.52. The van der Waals surface area contributed by atoms with Crippen molar-refractivity contribution in [3.8, 4) is 11.4 Å². The summed E-state index contributed by atoms with van der Waals surface area (Å²) in [6.45, 7) is 12.2. The summed E-state index contributed by atoms with van der Waals surface area (Å²) in [5.74, 6) is 2.01. The summed E-state index contributed by atoms with van der Waals surface area (Å²) in [6, 6.07) is 3.49. The third kappa shape index (κ3) is 6.45. The largest absolute Gasteiger partial charge is 0.354 e. The topological polar surface area (TPSA) is 54.5 Å². The van der Waals surface area contributed by atoms with Crippen molar-refractivity contribution < 1.29 is 0 Å². The van der Waals surface area contributed by atoms with Crippen LogP contribution in [0.5, 0.6) is 0 Å². The number of rotatable bonds is 8. The van der Waals surface area contributed by atoms with Crippen molar-refractivity contribution in [2.75, 3.05) is 64.8 Å². The van der Waals surface area contributed by atoms with E-state index in [1.807, 2.05) is 12.4 Å². The van der Waals surface area contributed by atoms with Gasteiger partial charge in [-0.15, -0.1) is 0 Å². The molecule has 2 aliphatic heterocycles. The van der Waals surface area contributed by atoms with Crippen LogP contribution in [0.15, 0.2) is 60.1 Å². The molecule has 4 heterocycles. The first-order valence-electron chi connectivity index (χ1n) is 14.4. The molecule has 38 heavy (non-hydrogen) atoms. The van der Waals surface area contributed by atoms with E-state index in [1.165, 1.54) is 49.1 Å². The maximum atomic E-state index is 4.88. The van der Waals surface area contributed by atoms with Gasteiger partial charge in [0.05, 0.1) is 0 Å². The molecule has 5 rings (SSSR count). The number of nitrogens with one attached hydrogen (secondary N) is 1. The number of likely N-dealkylation sites (tertiary alicyclic amines) is 1. The average Bonchev–Trinajstić information content (AvgIpc) is 3.38. The number of piperazine rings is 1. The van der Waals surface area contributed by atoms with Gasteiger partial charge in [-0.1, -0.05) is 36.8 Å². The van der Waals surface area contributed by atoms with Crippen LogP contribution in [0.2, 0.25) is 0 Å². The molecule has 0 bridgehead atoms. The zero-order valence-corrected chi connectivity index (χ0v) is 23.7. The number of aryl methyl sites for hydroxylation is 1. The molecule has 0 saturated carbocycles. The lowest BCUT2D eigenvalue weighted by atomic mass is 9.97. The minimum absolute atomic E-state index is 0.582. The van der Waals surface area contributed by atoms with Gasteiger partial charge in [0.25, 0.3) is 0 Å². The first kappa shape index (κ1) is 26.9. The maximum Gasteiger partial charge on any atom is 0.138 e. The molecule has 7 nitrogen and oxygen atoms in total. The lowest BCUT2D eigenvalue weighted by molar-refractivity contribution is 0.0659. The van der Waals surface area contributed by atoms with Gasteiger partial charge in [0.15, 0.2) is 0 Å². The third-order valence-corrected chi connectivity index (χ3v) is 8.32. The second kappa shape index (κ2) is 12.4. The summed E-state index contributed by atoms with van der Waals surface area (Å²) < 4.78 is 0. The molecule has 2 saturated heterocycles. The summed E-state index contributed by atoms with van der Waals surface area (Å²) in [4.78, 5) is 22.7. The van der Waals surface area contributed by atoms with E-state index >= 15 is 0 Å². The van der Waals surface area contributed by atoms with Crippen LogP contribution < -0.4 is 4.90 Å². The molecule has 2 aromatic rings. The first-order chi connectivity index (χ1) is 18.5. The van der Waals surface area contributed by atoms with Crippen molar-refractivity contribution in [2.24, 2.45) is 0 Å². The van der Waals surface area contributed by atoms with E-state index in [0.29, 0.717) is 12.1 Å². The SMILES string of the molecule is CCC1CN(c2ncc(-c3ncc[nH]3)cc2C)CCN1C1CCN(CC2=CC=C(CN(C)C)CC=C2)CC1. The Morgan fingerprint density at radius 2 is 1.92 bits per heavy atom. The molecule has 204 valence electrons. The number of nitrogens with zero attached hydrogens (tertiary/aromatic N) is 6. The molecule has 3 aliphatic rings. The highest BCUT2D eigenvalue weighted by Gasteiger charge is 2.33. The Morgan fingerprint density at radius 3 is 2.63 bits per heavy atom. The molecule has 1 N–H and O–H groups in total. The predicted molar refractivity (Wildman–Crippen MR) is 157 cm³/mol. The molecule has 2 aromatic heterocycles. The Hall–Kier alpha value is -2.74. The van der Waals surface area contributed by atoms with E-state index in [-0.39, 0.29) is 0 Å². The van der Waals surface area contributed by atoms with Crippen LogP contribution in [-0.2, 0) is 0 Å². The zero-order valence-electron chi connectivity index (χ0n) is 23.7. The van der Waals surface area contributed by atoms with E-state index < -0.39 is 0 Å². The quantitative estimate of drug-likeness (QED) is 0.558. The highest BCUT2D eigenvalue weighted by Crippen LogP contribution is 2.28. The second-order valence-electron chi connectivity index (χ2n) is 11.5. The monoisotopic (exact) mass is 515 g/mol. The smallest absolute Gasteiger partial charge is 0.138 e. The molecule has 1 atom stereocenters. The number of aromatic amines is 1. The number of H-pyrrole nitrogens is 1. The van der Waals surface area contributed by atoms with E-state index in [2.05, 4.69) is 87.9 Å². The van der Waals surface area contributed by atoms with Crippen LogP contribution in [0.4, 0.5) is 5.82 Å². The number of allylic oxidation sites excluding steroid dienone is 3. The summed E-state index contributed by atoms with van der Waals surface area (Å²) in [5.41, 5.74) is 5.21. The number of hydrogen-bond donors (Lipinski definition) is 1. The fourth-order valence-electron chi connectivity index (χ4n) is 6.36. The van der Waals surface area contributed by atoms with Gasteiger partial charge < -0.3 is 14.8 Å². The summed E-state index contributed by atoms with van der Waals surface area (Å²) in [7, 11) is 4.29. The van der Waals surface area contributed by atoms with Crippen molar-refractivity contribution in [1.82, 2.24) is 29.7 Å². The number of imidazole rings is 1. The van der Waals surface area contributed by atoms with Crippen molar-refractivity contribution in [3.63, 3.8) is 0 Å². The van der Waals surface area contributed by atoms with Gasteiger partial charge in [0, 0.05) is 69.0 Å². The minimum Gasteiger partial charge on any atom is -0.354 e. The highest BCUT2D eigenvalue weighted by molar-refractivity contribution is 5.60. The molecule has 2 fully saturated rings. The molecule has 1 aliphatic carbocycles. The fourth-order valence-corrected chi connectivity index (χ4v) is 6.36. The molecule has 0 radical (unpaired) electrons. The molecule has 1 unspecified atom stereocenters. The van der Waals surface area contributed by atoms with Gasteiger partial charge in [-0.2, -0.15) is 0 Å². The van der Waals surface area contributed by atoms with Crippen LogP contribution in [0.25, 0.3) is 11.4 Å². The van der Waals surface area contributed by atoms with Crippen LogP contribution in [-0.4, -0.2) is 102 Å². The Labute approximate surface area is 228 Å². The van der Waals surface area contributed by atoms with E-state index in [0.717, 1.165) is 56.4 Å². The number of anilines is 1. The fraction of sp³-hybridized carbons (Fsp3) is 0.548. The number of pyridine rings is 1. The van der Waals surface area contributed by atoms with Gasteiger partial charge in [-0.25, -0.2) is 9.97 Å². The van der Waals surface area contributed by atoms with Gasteiger partial charge in [0.2, 0.25) is 0 Å². The molecular formula is C31H45N7.